The zero-order valence-electron chi connectivity index (χ0n) is 12.1. The van der Waals surface area contributed by atoms with Gasteiger partial charge in [0.2, 0.25) is 0 Å². The van der Waals surface area contributed by atoms with Crippen LogP contribution in [0.3, 0.4) is 0 Å². The molecule has 7 heteroatoms. The van der Waals surface area contributed by atoms with E-state index < -0.39 is 5.97 Å². The molecule has 0 amide bonds. The molecule has 0 unspecified atom stereocenters. The van der Waals surface area contributed by atoms with Gasteiger partial charge in [-0.15, -0.1) is 0 Å². The van der Waals surface area contributed by atoms with E-state index in [1.54, 1.807) is 13.8 Å². The van der Waals surface area contributed by atoms with Crippen LogP contribution in [0.2, 0.25) is 0 Å². The molecule has 0 atom stereocenters. The average molecular weight is 299 g/mol. The van der Waals surface area contributed by atoms with Crippen LogP contribution >= 0.6 is 0 Å². The van der Waals surface area contributed by atoms with E-state index in [0.29, 0.717) is 17.0 Å². The van der Waals surface area contributed by atoms with Crippen molar-refractivity contribution in [1.29, 1.82) is 0 Å². The van der Waals surface area contributed by atoms with Gasteiger partial charge in [0.15, 0.2) is 0 Å². The molecule has 1 aromatic carbocycles. The molecule has 0 fully saturated rings. The fourth-order valence-corrected chi connectivity index (χ4v) is 1.94. The van der Waals surface area contributed by atoms with Crippen molar-refractivity contribution in [2.45, 2.75) is 20.3 Å². The molecular formula is C15H13N3O4. The van der Waals surface area contributed by atoms with E-state index in [9.17, 15) is 4.79 Å². The van der Waals surface area contributed by atoms with Crippen molar-refractivity contribution in [2.24, 2.45) is 0 Å². The average Bonchev–Trinajstić information content (AvgIpc) is 3.14. The molecule has 0 saturated heterocycles. The highest BCUT2D eigenvalue weighted by Crippen LogP contribution is 2.33. The van der Waals surface area contributed by atoms with Gasteiger partial charge in [0.05, 0.1) is 0 Å². The summed E-state index contributed by atoms with van der Waals surface area (Å²) in [5.41, 5.74) is 2.03. The van der Waals surface area contributed by atoms with Crippen LogP contribution in [0.4, 0.5) is 0 Å². The summed E-state index contributed by atoms with van der Waals surface area (Å²) in [5.74, 6) is 0.296. The lowest BCUT2D eigenvalue weighted by atomic mass is 10.1. The Morgan fingerprint density at radius 1 is 1.18 bits per heavy atom. The number of carbonyl (C=O) groups excluding carboxylic acids is 1. The molecule has 2 aromatic heterocycles. The van der Waals surface area contributed by atoms with Crippen LogP contribution in [0.1, 0.15) is 19.1 Å². The van der Waals surface area contributed by atoms with Crippen LogP contribution < -0.4 is 4.74 Å². The van der Waals surface area contributed by atoms with Crippen LogP contribution in [-0.2, 0) is 4.79 Å². The van der Waals surface area contributed by atoms with Gasteiger partial charge >= 0.3 is 12.0 Å². The minimum Gasteiger partial charge on any atom is -0.389 e. The number of hydrogen-bond acceptors (Lipinski definition) is 7. The number of carbonyl (C=O) groups is 1. The highest BCUT2D eigenvalue weighted by molar-refractivity contribution is 5.78. The third-order valence-electron chi connectivity index (χ3n) is 3.03. The van der Waals surface area contributed by atoms with Crippen LogP contribution in [0.15, 0.2) is 39.4 Å². The Bertz CT molecular complexity index is 792. The monoisotopic (exact) mass is 299 g/mol. The summed E-state index contributed by atoms with van der Waals surface area (Å²) < 4.78 is 15.3. The SMILES string of the molecule is CCC(=O)Oc1noc(-c2c(-c3ccccc3)noc2C)n1. The number of esters is 1. The third-order valence-corrected chi connectivity index (χ3v) is 3.03. The predicted molar refractivity (Wildman–Crippen MR) is 75.9 cm³/mol. The van der Waals surface area contributed by atoms with E-state index in [-0.39, 0.29) is 18.3 Å². The summed E-state index contributed by atoms with van der Waals surface area (Å²) in [4.78, 5) is 15.3. The first-order valence-electron chi connectivity index (χ1n) is 6.75. The van der Waals surface area contributed by atoms with Gasteiger partial charge in [-0.3, -0.25) is 4.79 Å². The van der Waals surface area contributed by atoms with E-state index >= 15 is 0 Å². The Hall–Kier alpha value is -2.96. The molecule has 0 bridgehead atoms. The zero-order valence-corrected chi connectivity index (χ0v) is 12.1. The summed E-state index contributed by atoms with van der Waals surface area (Å²) >= 11 is 0. The Kier molecular flexibility index (Phi) is 3.69. The molecule has 0 saturated carbocycles. The Labute approximate surface area is 125 Å². The van der Waals surface area contributed by atoms with Crippen molar-refractivity contribution in [3.63, 3.8) is 0 Å². The van der Waals surface area contributed by atoms with Gasteiger partial charge in [0.25, 0.3) is 5.89 Å². The van der Waals surface area contributed by atoms with Crippen molar-refractivity contribution >= 4 is 5.97 Å². The number of aromatic nitrogens is 3. The van der Waals surface area contributed by atoms with E-state index in [0.717, 1.165) is 5.56 Å². The summed E-state index contributed by atoms with van der Waals surface area (Å²) in [5, 5.41) is 7.68. The highest BCUT2D eigenvalue weighted by atomic mass is 16.6. The summed E-state index contributed by atoms with van der Waals surface area (Å²) in [6, 6.07) is 9.37. The van der Waals surface area contributed by atoms with Crippen molar-refractivity contribution in [3.05, 3.63) is 36.1 Å². The van der Waals surface area contributed by atoms with Crippen molar-refractivity contribution in [2.75, 3.05) is 0 Å². The molecule has 0 aliphatic carbocycles. The number of ether oxygens (including phenoxy) is 1. The van der Waals surface area contributed by atoms with Gasteiger partial charge in [0, 0.05) is 12.0 Å². The fourth-order valence-electron chi connectivity index (χ4n) is 1.94. The maximum atomic E-state index is 11.3. The lowest BCUT2D eigenvalue weighted by Gasteiger charge is -1.97. The molecule has 0 aliphatic rings. The quantitative estimate of drug-likeness (QED) is 0.684. The summed E-state index contributed by atoms with van der Waals surface area (Å²) in [6.45, 7) is 3.43. The molecule has 22 heavy (non-hydrogen) atoms. The fraction of sp³-hybridized carbons (Fsp3) is 0.200. The van der Waals surface area contributed by atoms with Gasteiger partial charge in [-0.05, 0) is 12.1 Å². The molecule has 0 radical (unpaired) electrons. The van der Waals surface area contributed by atoms with Gasteiger partial charge < -0.3 is 13.8 Å². The Balaban J connectivity index is 1.99. The normalized spacial score (nSPS) is 10.6. The first kappa shape index (κ1) is 14.0. The second kappa shape index (κ2) is 5.80. The lowest BCUT2D eigenvalue weighted by Crippen LogP contribution is -2.06. The maximum absolute atomic E-state index is 11.3. The van der Waals surface area contributed by atoms with Crippen LogP contribution in [-0.4, -0.2) is 21.3 Å². The first-order chi connectivity index (χ1) is 10.7. The summed E-state index contributed by atoms with van der Waals surface area (Å²) in [7, 11) is 0. The second-order valence-electron chi connectivity index (χ2n) is 4.54. The minimum atomic E-state index is -0.433. The van der Waals surface area contributed by atoms with Gasteiger partial charge in [0.1, 0.15) is 17.0 Å². The topological polar surface area (TPSA) is 91.2 Å². The Morgan fingerprint density at radius 2 is 1.95 bits per heavy atom. The van der Waals surface area contributed by atoms with Crippen molar-refractivity contribution < 1.29 is 18.6 Å². The largest absolute Gasteiger partial charge is 0.389 e. The predicted octanol–water partition coefficient (Wildman–Crippen LogP) is 3.02. The second-order valence-corrected chi connectivity index (χ2v) is 4.54. The van der Waals surface area contributed by atoms with Crippen LogP contribution in [0.5, 0.6) is 6.01 Å². The molecule has 0 aliphatic heterocycles. The molecule has 0 N–H and O–H groups in total. The minimum absolute atomic E-state index is 0.124. The third kappa shape index (κ3) is 2.60. The number of nitrogens with zero attached hydrogens (tertiary/aromatic N) is 3. The molecule has 0 spiro atoms. The maximum Gasteiger partial charge on any atom is 0.362 e. The molecular weight excluding hydrogens is 286 g/mol. The molecule has 3 aromatic rings. The standard InChI is InChI=1S/C15H13N3O4/c1-3-11(19)20-15-16-14(22-18-15)12-9(2)21-17-13(12)10-7-5-4-6-8-10/h4-8H,3H2,1-2H3. The number of hydrogen-bond donors (Lipinski definition) is 0. The molecule has 2 heterocycles. The van der Waals surface area contributed by atoms with Crippen LogP contribution in [0.25, 0.3) is 22.7 Å². The number of benzene rings is 1. The van der Waals surface area contributed by atoms with E-state index in [4.69, 9.17) is 13.8 Å². The van der Waals surface area contributed by atoms with E-state index in [2.05, 4.69) is 15.3 Å². The first-order valence-corrected chi connectivity index (χ1v) is 6.75. The van der Waals surface area contributed by atoms with Crippen LogP contribution in [0, 0.1) is 6.92 Å². The van der Waals surface area contributed by atoms with Gasteiger partial charge in [-0.2, -0.15) is 4.98 Å². The number of aryl methyl sites for hydroxylation is 1. The van der Waals surface area contributed by atoms with E-state index in [1.807, 2.05) is 30.3 Å². The highest BCUT2D eigenvalue weighted by Gasteiger charge is 2.23. The smallest absolute Gasteiger partial charge is 0.362 e. The molecule has 3 rings (SSSR count). The molecule has 112 valence electrons. The van der Waals surface area contributed by atoms with Gasteiger partial charge in [-0.25, -0.2) is 0 Å². The number of rotatable bonds is 4. The van der Waals surface area contributed by atoms with Gasteiger partial charge in [-0.1, -0.05) is 42.4 Å². The lowest BCUT2D eigenvalue weighted by molar-refractivity contribution is -0.134. The Morgan fingerprint density at radius 3 is 2.68 bits per heavy atom. The van der Waals surface area contributed by atoms with Crippen molar-refractivity contribution in [3.8, 4) is 28.7 Å². The van der Waals surface area contributed by atoms with E-state index in [1.165, 1.54) is 0 Å². The molecule has 7 nitrogen and oxygen atoms in total. The summed E-state index contributed by atoms with van der Waals surface area (Å²) in [6.07, 6.45) is 0.228. The zero-order chi connectivity index (χ0) is 15.5. The van der Waals surface area contributed by atoms with Crippen molar-refractivity contribution in [1.82, 2.24) is 15.3 Å².